The summed E-state index contributed by atoms with van der Waals surface area (Å²) in [6, 6.07) is 0. The summed E-state index contributed by atoms with van der Waals surface area (Å²) in [5, 5.41) is 2.99. The van der Waals surface area contributed by atoms with Crippen LogP contribution in [0.1, 0.15) is 19.8 Å². The van der Waals surface area contributed by atoms with E-state index < -0.39 is 7.82 Å². The third-order valence-electron chi connectivity index (χ3n) is 1.66. The van der Waals surface area contributed by atoms with Crippen LogP contribution in [0.4, 0.5) is 0 Å². The molecule has 0 aromatic rings. The molecule has 0 spiro atoms. The first kappa shape index (κ1) is 16.0. The predicted octanol–water partition coefficient (Wildman–Crippen LogP) is -0.0270. The van der Waals surface area contributed by atoms with Gasteiger partial charge >= 0.3 is 7.82 Å². The van der Waals surface area contributed by atoms with E-state index in [9.17, 15) is 4.57 Å². The summed E-state index contributed by atoms with van der Waals surface area (Å²) in [5.74, 6) is 0. The number of nitrogens with two attached hydrogens (primary N) is 1. The van der Waals surface area contributed by atoms with E-state index in [-0.39, 0.29) is 6.61 Å². The highest BCUT2D eigenvalue weighted by molar-refractivity contribution is 7.47. The Kier molecular flexibility index (Phi) is 10.2. The molecule has 0 aliphatic heterocycles. The Morgan fingerprint density at radius 1 is 1.38 bits per heavy atom. The molecule has 0 bridgehead atoms. The summed E-state index contributed by atoms with van der Waals surface area (Å²) in [5.41, 5.74) is 7.63. The van der Waals surface area contributed by atoms with Gasteiger partial charge in [-0.3, -0.25) is 4.52 Å². The molecule has 7 nitrogen and oxygen atoms in total. The van der Waals surface area contributed by atoms with Crippen LogP contribution in [-0.2, 0) is 13.7 Å². The van der Waals surface area contributed by atoms with E-state index in [1.54, 1.807) is 0 Å². The van der Waals surface area contributed by atoms with Crippen LogP contribution >= 0.6 is 7.82 Å². The molecule has 0 aliphatic carbocycles. The van der Waals surface area contributed by atoms with Crippen molar-refractivity contribution in [2.24, 2.45) is 5.73 Å². The number of phosphoric ester groups is 1. The first-order chi connectivity index (χ1) is 7.62. The van der Waals surface area contributed by atoms with Crippen molar-refractivity contribution in [1.29, 1.82) is 0 Å². The molecule has 0 rings (SSSR count). The Morgan fingerprint density at radius 2 is 2.12 bits per heavy atom. The highest BCUT2D eigenvalue weighted by atomic mass is 31.2. The Hall–Kier alpha value is -0.0100. The normalized spacial score (nSPS) is 14.9. The molecule has 0 aromatic carbocycles. The quantitative estimate of drug-likeness (QED) is 0.233. The lowest BCUT2D eigenvalue weighted by atomic mass is 10.4. The zero-order valence-corrected chi connectivity index (χ0v) is 10.5. The lowest BCUT2D eigenvalue weighted by molar-refractivity contribution is 0.0964. The van der Waals surface area contributed by atoms with Gasteiger partial charge in [0.15, 0.2) is 0 Å². The van der Waals surface area contributed by atoms with Crippen molar-refractivity contribution in [2.75, 3.05) is 32.8 Å². The van der Waals surface area contributed by atoms with E-state index in [4.69, 9.17) is 10.6 Å². The minimum Gasteiger partial charge on any atom is -0.329 e. The average Bonchev–Trinajstić information content (AvgIpc) is 2.23. The molecule has 0 heterocycles. The second-order valence-electron chi connectivity index (χ2n) is 3.18. The van der Waals surface area contributed by atoms with Gasteiger partial charge in [0.1, 0.15) is 0 Å². The molecule has 1 atom stereocenters. The maximum atomic E-state index is 11.2. The molecular weight excluding hydrogens is 233 g/mol. The fourth-order valence-corrected chi connectivity index (χ4v) is 1.51. The molecule has 0 saturated carbocycles. The first-order valence-electron chi connectivity index (χ1n) is 5.42. The zero-order chi connectivity index (χ0) is 12.3. The summed E-state index contributed by atoms with van der Waals surface area (Å²) >= 11 is 0. The van der Waals surface area contributed by atoms with E-state index in [1.165, 1.54) is 0 Å². The Labute approximate surface area is 96.3 Å². The third kappa shape index (κ3) is 10.5. The molecule has 16 heavy (non-hydrogen) atoms. The molecule has 0 aliphatic rings. The number of rotatable bonds is 11. The van der Waals surface area contributed by atoms with Crippen LogP contribution in [-0.4, -0.2) is 37.7 Å². The van der Waals surface area contributed by atoms with Crippen LogP contribution in [0.15, 0.2) is 0 Å². The fourth-order valence-electron chi connectivity index (χ4n) is 0.844. The lowest BCUT2D eigenvalue weighted by Crippen LogP contribution is -2.30. The molecule has 8 heteroatoms. The maximum Gasteiger partial charge on any atom is 0.488 e. The minimum atomic E-state index is -3.94. The van der Waals surface area contributed by atoms with Gasteiger partial charge in [0.05, 0.1) is 6.61 Å². The van der Waals surface area contributed by atoms with Gasteiger partial charge in [-0.15, -0.1) is 0 Å². The second-order valence-corrected chi connectivity index (χ2v) is 4.56. The van der Waals surface area contributed by atoms with Crippen molar-refractivity contribution in [3.05, 3.63) is 0 Å². The number of hydroxylamine groups is 1. The summed E-state index contributed by atoms with van der Waals surface area (Å²) in [6.45, 7) is 4.45. The van der Waals surface area contributed by atoms with Crippen molar-refractivity contribution >= 4 is 7.82 Å². The number of hydrogen-bond donors (Lipinski definition) is 4. The number of hydrogen-bond acceptors (Lipinski definition) is 6. The van der Waals surface area contributed by atoms with Crippen LogP contribution in [0.5, 0.6) is 0 Å². The molecule has 0 fully saturated rings. The van der Waals surface area contributed by atoms with E-state index in [2.05, 4.69) is 19.9 Å². The van der Waals surface area contributed by atoms with Gasteiger partial charge in [-0.2, -0.15) is 10.1 Å². The van der Waals surface area contributed by atoms with E-state index >= 15 is 0 Å². The lowest BCUT2D eigenvalue weighted by Gasteiger charge is -2.12. The molecule has 5 N–H and O–H groups in total. The standard InChI is InChI=1S/C8H22N3O4P/c1-2-3-8-14-16(12,13)15-11-7-6-10-5-4-9/h10-11H,2-9H2,1H3,(H,12,13). The highest BCUT2D eigenvalue weighted by Gasteiger charge is 2.20. The van der Waals surface area contributed by atoms with Gasteiger partial charge in [0, 0.05) is 26.2 Å². The SMILES string of the molecule is CCCCOP(=O)(O)ONCCNCCN. The topological polar surface area (TPSA) is 106 Å². The number of nitrogens with one attached hydrogen (secondary N) is 2. The number of unbranched alkanes of at least 4 members (excludes halogenated alkanes) is 1. The summed E-state index contributed by atoms with van der Waals surface area (Å²) in [7, 11) is -3.94. The highest BCUT2D eigenvalue weighted by Crippen LogP contribution is 2.41. The van der Waals surface area contributed by atoms with Crippen LogP contribution in [0.25, 0.3) is 0 Å². The van der Waals surface area contributed by atoms with Crippen molar-refractivity contribution in [2.45, 2.75) is 19.8 Å². The number of phosphoric acid groups is 1. The van der Waals surface area contributed by atoms with Gasteiger partial charge in [-0.1, -0.05) is 13.3 Å². The second kappa shape index (κ2) is 10.2. The minimum absolute atomic E-state index is 0.220. The van der Waals surface area contributed by atoms with Gasteiger partial charge in [0.25, 0.3) is 0 Å². The third-order valence-corrected chi connectivity index (χ3v) is 2.53. The summed E-state index contributed by atoms with van der Waals surface area (Å²) in [6.07, 6.45) is 1.63. The zero-order valence-electron chi connectivity index (χ0n) is 9.65. The molecule has 1 unspecified atom stereocenters. The molecule has 0 amide bonds. The van der Waals surface area contributed by atoms with Gasteiger partial charge in [-0.05, 0) is 6.42 Å². The molecule has 0 radical (unpaired) electrons. The van der Waals surface area contributed by atoms with Crippen molar-refractivity contribution in [3.8, 4) is 0 Å². The largest absolute Gasteiger partial charge is 0.488 e. The summed E-state index contributed by atoms with van der Waals surface area (Å²) in [4.78, 5) is 9.15. The van der Waals surface area contributed by atoms with Gasteiger partial charge < -0.3 is 15.9 Å². The molecular formula is C8H22N3O4P. The van der Waals surface area contributed by atoms with Crippen LogP contribution < -0.4 is 16.5 Å². The van der Waals surface area contributed by atoms with E-state index in [1.807, 2.05) is 6.92 Å². The maximum absolute atomic E-state index is 11.2. The van der Waals surface area contributed by atoms with Crippen molar-refractivity contribution < 1.29 is 18.6 Å². The van der Waals surface area contributed by atoms with Gasteiger partial charge in [0.2, 0.25) is 0 Å². The van der Waals surface area contributed by atoms with E-state index in [0.29, 0.717) is 26.2 Å². The van der Waals surface area contributed by atoms with Crippen molar-refractivity contribution in [3.63, 3.8) is 0 Å². The smallest absolute Gasteiger partial charge is 0.329 e. The first-order valence-corrected chi connectivity index (χ1v) is 6.91. The average molecular weight is 255 g/mol. The Morgan fingerprint density at radius 3 is 2.75 bits per heavy atom. The van der Waals surface area contributed by atoms with Crippen LogP contribution in [0, 0.1) is 0 Å². The van der Waals surface area contributed by atoms with Crippen molar-refractivity contribution in [1.82, 2.24) is 10.8 Å². The summed E-state index contributed by atoms with van der Waals surface area (Å²) < 4.78 is 20.4. The van der Waals surface area contributed by atoms with Crippen LogP contribution in [0.3, 0.4) is 0 Å². The van der Waals surface area contributed by atoms with E-state index in [0.717, 1.165) is 12.8 Å². The predicted molar refractivity (Wildman–Crippen MR) is 61.7 cm³/mol. The monoisotopic (exact) mass is 255 g/mol. The molecule has 98 valence electrons. The van der Waals surface area contributed by atoms with Crippen LogP contribution in [0.2, 0.25) is 0 Å². The Bertz CT molecular complexity index is 206. The molecule has 0 aromatic heterocycles. The fraction of sp³-hybridized carbons (Fsp3) is 1.00. The van der Waals surface area contributed by atoms with Gasteiger partial charge in [-0.25, -0.2) is 4.57 Å². The molecule has 0 saturated heterocycles. The Balaban J connectivity index is 3.39.